The highest BCUT2D eigenvalue weighted by Gasteiger charge is 2.24. The third-order valence-electron chi connectivity index (χ3n) is 5.44. The van der Waals surface area contributed by atoms with Crippen LogP contribution in [0.5, 0.6) is 0 Å². The first-order valence-corrected chi connectivity index (χ1v) is 11.8. The molecule has 11 heteroatoms. The van der Waals surface area contributed by atoms with Gasteiger partial charge in [0, 0.05) is 5.56 Å². The van der Waals surface area contributed by atoms with Crippen LogP contribution < -0.4 is 20.9 Å². The van der Waals surface area contributed by atoms with Gasteiger partial charge in [-0.1, -0.05) is 41.6 Å². The first-order valence-electron chi connectivity index (χ1n) is 10.8. The molecule has 3 heterocycles. The molecule has 1 aliphatic rings. The van der Waals surface area contributed by atoms with E-state index in [1.807, 2.05) is 36.2 Å². The Morgan fingerprint density at radius 3 is 2.59 bits per heavy atom. The van der Waals surface area contributed by atoms with Crippen LogP contribution in [0.2, 0.25) is 0 Å². The van der Waals surface area contributed by atoms with Gasteiger partial charge in [0.1, 0.15) is 28.5 Å². The highest BCUT2D eigenvalue weighted by molar-refractivity contribution is 8.00. The van der Waals surface area contributed by atoms with Gasteiger partial charge in [-0.15, -0.1) is 0 Å². The van der Waals surface area contributed by atoms with Crippen molar-refractivity contribution in [3.63, 3.8) is 0 Å². The van der Waals surface area contributed by atoms with E-state index in [1.165, 1.54) is 6.42 Å². The van der Waals surface area contributed by atoms with Gasteiger partial charge in [0.2, 0.25) is 11.2 Å². The van der Waals surface area contributed by atoms with Gasteiger partial charge in [0.05, 0.1) is 29.2 Å². The molecule has 0 unspecified atom stereocenters. The summed E-state index contributed by atoms with van der Waals surface area (Å²) in [6.07, 6.45) is 5.00. The minimum Gasteiger partial charge on any atom is -0.383 e. The standard InChI is InChI=1S/C23H22N8O2S/c1-15-5-7-16(8-6-15)21-17(11-24)22(26)28-23(18(21)12-25)34-14-19(32)27-20-13-31(29-33-20)30-9-3-2-4-10-30/h5-8,13H,2-4,9-10,14H2,1H3,(H2-,26,27,28,29,32)/p+1. The Hall–Kier alpha value is -4.09. The molecule has 4 rings (SSSR count). The van der Waals surface area contributed by atoms with Crippen molar-refractivity contribution in [2.45, 2.75) is 31.2 Å². The van der Waals surface area contributed by atoms with Crippen molar-refractivity contribution in [1.29, 1.82) is 10.5 Å². The number of rotatable bonds is 6. The van der Waals surface area contributed by atoms with Gasteiger partial charge in [0.15, 0.2) is 0 Å². The number of pyridine rings is 1. The molecule has 1 saturated heterocycles. The lowest BCUT2D eigenvalue weighted by Crippen LogP contribution is -2.60. The summed E-state index contributed by atoms with van der Waals surface area (Å²) in [6, 6.07) is 11.6. The molecule has 0 spiro atoms. The first kappa shape index (κ1) is 23.1. The van der Waals surface area contributed by atoms with Crippen LogP contribution in [-0.2, 0) is 4.79 Å². The van der Waals surface area contributed by atoms with E-state index >= 15 is 0 Å². The minimum atomic E-state index is -0.350. The van der Waals surface area contributed by atoms with E-state index in [-0.39, 0.29) is 39.5 Å². The fraction of sp³-hybridized carbons (Fsp3) is 0.304. The normalized spacial score (nSPS) is 13.2. The maximum Gasteiger partial charge on any atom is 0.305 e. The Bertz CT molecular complexity index is 1280. The highest BCUT2D eigenvalue weighted by atomic mass is 32.2. The van der Waals surface area contributed by atoms with E-state index < -0.39 is 0 Å². The number of carbonyl (C=O) groups is 1. The number of aromatic nitrogens is 3. The largest absolute Gasteiger partial charge is 0.383 e. The van der Waals surface area contributed by atoms with Crippen LogP contribution in [0.1, 0.15) is 36.0 Å². The Morgan fingerprint density at radius 2 is 1.91 bits per heavy atom. The molecule has 0 bridgehead atoms. The third-order valence-corrected chi connectivity index (χ3v) is 6.41. The number of hydrogen-bond acceptors (Lipinski definition) is 9. The Morgan fingerprint density at radius 1 is 1.21 bits per heavy atom. The lowest BCUT2D eigenvalue weighted by molar-refractivity contribution is -0.759. The van der Waals surface area contributed by atoms with Crippen LogP contribution in [0.3, 0.4) is 0 Å². The number of aryl methyl sites for hydroxylation is 1. The fourth-order valence-electron chi connectivity index (χ4n) is 3.73. The molecule has 2 aromatic heterocycles. The van der Waals surface area contributed by atoms with Crippen molar-refractivity contribution in [3.8, 4) is 23.3 Å². The van der Waals surface area contributed by atoms with Crippen LogP contribution in [0, 0.1) is 29.6 Å². The monoisotopic (exact) mass is 475 g/mol. The SMILES string of the molecule is Cc1ccc(-c2c(C#N)c(N)nc(SCC(=O)Nc3c[n+](N4CCCCC4)no3)c2C#N)cc1. The van der Waals surface area contributed by atoms with Gasteiger partial charge in [-0.3, -0.25) is 14.6 Å². The molecule has 1 aromatic carbocycles. The lowest BCUT2D eigenvalue weighted by Gasteiger charge is -2.17. The average Bonchev–Trinajstić information content (AvgIpc) is 3.31. The summed E-state index contributed by atoms with van der Waals surface area (Å²) in [5.41, 5.74) is 8.52. The molecule has 0 radical (unpaired) electrons. The number of nitrogens with one attached hydrogen (secondary N) is 1. The number of anilines is 2. The third kappa shape index (κ3) is 4.95. The predicted molar refractivity (Wildman–Crippen MR) is 126 cm³/mol. The Labute approximate surface area is 200 Å². The number of amides is 1. The van der Waals surface area contributed by atoms with Crippen LogP contribution in [0.15, 0.2) is 40.0 Å². The average molecular weight is 476 g/mol. The molecular weight excluding hydrogens is 452 g/mol. The van der Waals surface area contributed by atoms with Crippen LogP contribution in [0.4, 0.5) is 11.7 Å². The second kappa shape index (κ2) is 10.2. The van der Waals surface area contributed by atoms with Gasteiger partial charge in [0.25, 0.3) is 6.20 Å². The smallest absolute Gasteiger partial charge is 0.305 e. The number of benzene rings is 1. The first-order chi connectivity index (χ1) is 16.5. The minimum absolute atomic E-state index is 0.0118. The summed E-state index contributed by atoms with van der Waals surface area (Å²) < 4.78 is 5.23. The van der Waals surface area contributed by atoms with Gasteiger partial charge in [-0.25, -0.2) is 4.98 Å². The summed E-state index contributed by atoms with van der Waals surface area (Å²) in [6.45, 7) is 3.71. The number of thioether (sulfide) groups is 1. The maximum atomic E-state index is 12.5. The second-order valence-corrected chi connectivity index (χ2v) is 8.82. The van der Waals surface area contributed by atoms with Crippen molar-refractivity contribution >= 4 is 29.4 Å². The highest BCUT2D eigenvalue weighted by Crippen LogP contribution is 2.35. The summed E-state index contributed by atoms with van der Waals surface area (Å²) in [7, 11) is 0. The molecule has 3 aromatic rings. The molecule has 1 amide bonds. The molecule has 34 heavy (non-hydrogen) atoms. The number of piperidine rings is 1. The van der Waals surface area contributed by atoms with Crippen molar-refractivity contribution in [2.75, 3.05) is 34.9 Å². The summed E-state index contributed by atoms with van der Waals surface area (Å²) in [5, 5.41) is 28.5. The molecule has 1 fully saturated rings. The molecule has 10 nitrogen and oxygen atoms in total. The zero-order valence-corrected chi connectivity index (χ0v) is 19.4. The van der Waals surface area contributed by atoms with Gasteiger partial charge < -0.3 is 5.73 Å². The zero-order valence-electron chi connectivity index (χ0n) is 18.6. The summed E-state index contributed by atoms with van der Waals surface area (Å²) in [5.74, 6) is -0.148. The Balaban J connectivity index is 1.51. The van der Waals surface area contributed by atoms with Crippen LogP contribution in [-0.4, -0.2) is 35.0 Å². The number of nitrogens with zero attached hydrogens (tertiary/aromatic N) is 6. The second-order valence-electron chi connectivity index (χ2n) is 7.85. The molecule has 1 aliphatic heterocycles. The fourth-order valence-corrected chi connectivity index (χ4v) is 4.52. The van der Waals surface area contributed by atoms with E-state index in [1.54, 1.807) is 11.0 Å². The Kier molecular flexibility index (Phi) is 6.95. The van der Waals surface area contributed by atoms with E-state index in [2.05, 4.69) is 27.7 Å². The van der Waals surface area contributed by atoms with Crippen molar-refractivity contribution in [1.82, 2.24) is 10.3 Å². The molecule has 3 N–H and O–H groups in total. The van der Waals surface area contributed by atoms with Crippen LogP contribution in [0.25, 0.3) is 11.1 Å². The van der Waals surface area contributed by atoms with E-state index in [0.29, 0.717) is 11.1 Å². The molecule has 0 atom stereocenters. The van der Waals surface area contributed by atoms with E-state index in [4.69, 9.17) is 10.3 Å². The molecule has 0 saturated carbocycles. The quantitative estimate of drug-likeness (QED) is 0.405. The number of carbonyl (C=O) groups excluding carboxylic acids is 1. The van der Waals surface area contributed by atoms with Crippen molar-refractivity contribution < 1.29 is 14.1 Å². The number of nitrogens with two attached hydrogens (primary N) is 1. The molecule has 172 valence electrons. The lowest BCUT2D eigenvalue weighted by atomic mass is 9.96. The van der Waals surface area contributed by atoms with Crippen LogP contribution >= 0.6 is 11.8 Å². The summed E-state index contributed by atoms with van der Waals surface area (Å²) in [4.78, 5) is 18.4. The van der Waals surface area contributed by atoms with Gasteiger partial charge >= 0.3 is 5.88 Å². The zero-order chi connectivity index (χ0) is 24.1. The van der Waals surface area contributed by atoms with Crippen molar-refractivity contribution in [2.24, 2.45) is 0 Å². The van der Waals surface area contributed by atoms with Crippen molar-refractivity contribution in [3.05, 3.63) is 47.2 Å². The number of hydrogen-bond donors (Lipinski definition) is 2. The molecule has 0 aliphatic carbocycles. The van der Waals surface area contributed by atoms with E-state index in [0.717, 1.165) is 43.3 Å². The maximum absolute atomic E-state index is 12.5. The predicted octanol–water partition coefficient (Wildman–Crippen LogP) is 2.51. The van der Waals surface area contributed by atoms with Gasteiger partial charge in [-0.05, 0) is 31.7 Å². The molecular formula is C23H23N8O2S+. The number of nitrogen functional groups attached to an aromatic ring is 1. The topological polar surface area (TPSA) is 149 Å². The number of nitriles is 2. The van der Waals surface area contributed by atoms with Gasteiger partial charge in [-0.2, -0.15) is 15.5 Å². The van der Waals surface area contributed by atoms with E-state index in [9.17, 15) is 15.3 Å². The summed E-state index contributed by atoms with van der Waals surface area (Å²) >= 11 is 1.06.